The molecule has 1 rings (SSSR count). The summed E-state index contributed by atoms with van der Waals surface area (Å²) in [7, 11) is 1.58. The Morgan fingerprint density at radius 2 is 2.17 bits per heavy atom. The zero-order valence-electron chi connectivity index (χ0n) is 11.4. The van der Waals surface area contributed by atoms with E-state index in [9.17, 15) is 9.90 Å². The van der Waals surface area contributed by atoms with Crippen molar-refractivity contribution in [2.45, 2.75) is 38.9 Å². The zero-order valence-corrected chi connectivity index (χ0v) is 11.4. The first kappa shape index (κ1) is 14.7. The molecule has 0 saturated heterocycles. The van der Waals surface area contributed by atoms with Gasteiger partial charge in [-0.2, -0.15) is 0 Å². The number of anilines is 1. The number of amides is 1. The van der Waals surface area contributed by atoms with E-state index in [1.807, 2.05) is 19.9 Å². The van der Waals surface area contributed by atoms with Gasteiger partial charge < -0.3 is 15.2 Å². The third kappa shape index (κ3) is 4.47. The Bertz CT molecular complexity index is 413. The van der Waals surface area contributed by atoms with Crippen molar-refractivity contribution >= 4 is 11.6 Å². The van der Waals surface area contributed by atoms with E-state index in [-0.39, 0.29) is 12.3 Å². The average Bonchev–Trinajstić information content (AvgIpc) is 2.28. The lowest BCUT2D eigenvalue weighted by molar-refractivity contribution is -0.121. The predicted molar refractivity (Wildman–Crippen MR) is 71.4 cm³/mol. The van der Waals surface area contributed by atoms with Crippen LogP contribution in [0.5, 0.6) is 0 Å². The van der Waals surface area contributed by atoms with Gasteiger partial charge in [0.25, 0.3) is 0 Å². The molecule has 0 bridgehead atoms. The second-order valence-electron chi connectivity index (χ2n) is 4.99. The smallest absolute Gasteiger partial charge is 0.227 e. The Kier molecular flexibility index (Phi) is 4.87. The molecular weight excluding hydrogens is 230 g/mol. The standard InChI is InChI=1S/C14H21NO3/c1-10(16)11-6-5-7-12(8-11)15-13(17)9-14(2,3)18-4/h5-8,10,16H,9H2,1-4H3,(H,15,17). The Balaban J connectivity index is 2.68. The zero-order chi connectivity index (χ0) is 13.8. The minimum atomic E-state index is -0.544. The van der Waals surface area contributed by atoms with Crippen molar-refractivity contribution in [1.29, 1.82) is 0 Å². The Labute approximate surface area is 108 Å². The summed E-state index contributed by atoms with van der Waals surface area (Å²) in [5.74, 6) is -0.107. The number of benzene rings is 1. The molecule has 100 valence electrons. The van der Waals surface area contributed by atoms with Crippen molar-refractivity contribution in [2.75, 3.05) is 12.4 Å². The normalized spacial score (nSPS) is 13.2. The largest absolute Gasteiger partial charge is 0.389 e. The molecule has 18 heavy (non-hydrogen) atoms. The van der Waals surface area contributed by atoms with Gasteiger partial charge in [-0.05, 0) is 38.5 Å². The van der Waals surface area contributed by atoms with Crippen LogP contribution >= 0.6 is 0 Å². The summed E-state index contributed by atoms with van der Waals surface area (Å²) in [6, 6.07) is 7.19. The van der Waals surface area contributed by atoms with E-state index >= 15 is 0 Å². The van der Waals surface area contributed by atoms with Gasteiger partial charge in [0.15, 0.2) is 0 Å². The van der Waals surface area contributed by atoms with E-state index in [1.165, 1.54) is 0 Å². The number of aliphatic hydroxyl groups excluding tert-OH is 1. The molecule has 1 aromatic rings. The maximum absolute atomic E-state index is 11.8. The molecule has 0 fully saturated rings. The first-order chi connectivity index (χ1) is 8.34. The van der Waals surface area contributed by atoms with Crippen LogP contribution in [0.25, 0.3) is 0 Å². The highest BCUT2D eigenvalue weighted by Gasteiger charge is 2.21. The van der Waals surface area contributed by atoms with Gasteiger partial charge in [0.1, 0.15) is 0 Å². The van der Waals surface area contributed by atoms with E-state index in [0.717, 1.165) is 5.56 Å². The van der Waals surface area contributed by atoms with Crippen LogP contribution < -0.4 is 5.32 Å². The number of nitrogens with one attached hydrogen (secondary N) is 1. The molecule has 1 unspecified atom stereocenters. The van der Waals surface area contributed by atoms with E-state index in [0.29, 0.717) is 5.69 Å². The summed E-state index contributed by atoms with van der Waals surface area (Å²) in [6.07, 6.45) is -0.264. The van der Waals surface area contributed by atoms with Crippen LogP contribution in [0.1, 0.15) is 38.9 Å². The first-order valence-corrected chi connectivity index (χ1v) is 5.97. The van der Waals surface area contributed by atoms with Gasteiger partial charge >= 0.3 is 0 Å². The van der Waals surface area contributed by atoms with Gasteiger partial charge in [0, 0.05) is 12.8 Å². The molecule has 0 saturated carbocycles. The Hall–Kier alpha value is -1.39. The van der Waals surface area contributed by atoms with Crippen LogP contribution in [-0.2, 0) is 9.53 Å². The van der Waals surface area contributed by atoms with Crippen molar-refractivity contribution in [3.05, 3.63) is 29.8 Å². The minimum absolute atomic E-state index is 0.107. The molecule has 0 aliphatic rings. The van der Waals surface area contributed by atoms with Crippen molar-refractivity contribution < 1.29 is 14.6 Å². The van der Waals surface area contributed by atoms with E-state index in [2.05, 4.69) is 5.32 Å². The highest BCUT2D eigenvalue weighted by Crippen LogP contribution is 2.19. The van der Waals surface area contributed by atoms with Crippen LogP contribution in [0.3, 0.4) is 0 Å². The lowest BCUT2D eigenvalue weighted by Crippen LogP contribution is -2.29. The number of aliphatic hydroxyl groups is 1. The number of rotatable bonds is 5. The highest BCUT2D eigenvalue weighted by atomic mass is 16.5. The summed E-state index contributed by atoms with van der Waals surface area (Å²) in [5, 5.41) is 12.3. The predicted octanol–water partition coefficient (Wildman–Crippen LogP) is 2.49. The van der Waals surface area contributed by atoms with Crippen molar-refractivity contribution in [3.63, 3.8) is 0 Å². The van der Waals surface area contributed by atoms with Gasteiger partial charge in [-0.15, -0.1) is 0 Å². The lowest BCUT2D eigenvalue weighted by Gasteiger charge is -2.22. The van der Waals surface area contributed by atoms with Crippen LogP contribution in [0, 0.1) is 0 Å². The fourth-order valence-corrected chi connectivity index (χ4v) is 1.54. The van der Waals surface area contributed by atoms with Crippen LogP contribution in [-0.4, -0.2) is 23.7 Å². The van der Waals surface area contributed by atoms with Crippen molar-refractivity contribution in [3.8, 4) is 0 Å². The third-order valence-corrected chi connectivity index (χ3v) is 2.79. The van der Waals surface area contributed by atoms with Gasteiger partial charge in [0.05, 0.1) is 18.1 Å². The molecular formula is C14H21NO3. The van der Waals surface area contributed by atoms with Gasteiger partial charge in [-0.3, -0.25) is 4.79 Å². The molecule has 0 aliphatic heterocycles. The molecule has 0 aromatic heterocycles. The van der Waals surface area contributed by atoms with Crippen LogP contribution in [0.4, 0.5) is 5.69 Å². The Morgan fingerprint density at radius 3 is 2.72 bits per heavy atom. The molecule has 4 nitrogen and oxygen atoms in total. The van der Waals surface area contributed by atoms with Gasteiger partial charge in [-0.1, -0.05) is 12.1 Å². The molecule has 0 spiro atoms. The monoisotopic (exact) mass is 251 g/mol. The molecule has 4 heteroatoms. The number of carbonyl (C=O) groups is 1. The van der Waals surface area contributed by atoms with Crippen molar-refractivity contribution in [2.24, 2.45) is 0 Å². The molecule has 0 heterocycles. The molecule has 0 radical (unpaired) electrons. The SMILES string of the molecule is COC(C)(C)CC(=O)Nc1cccc(C(C)O)c1. The summed E-state index contributed by atoms with van der Waals surface area (Å²) in [6.45, 7) is 5.41. The topological polar surface area (TPSA) is 58.6 Å². The maximum atomic E-state index is 11.8. The molecule has 1 amide bonds. The Morgan fingerprint density at radius 1 is 1.50 bits per heavy atom. The van der Waals surface area contributed by atoms with Gasteiger partial charge in [0.2, 0.25) is 5.91 Å². The fraction of sp³-hybridized carbons (Fsp3) is 0.500. The number of hydrogen-bond donors (Lipinski definition) is 2. The molecule has 1 aromatic carbocycles. The maximum Gasteiger partial charge on any atom is 0.227 e. The second kappa shape index (κ2) is 5.98. The summed E-state index contributed by atoms with van der Waals surface area (Å²) in [4.78, 5) is 11.8. The summed E-state index contributed by atoms with van der Waals surface area (Å²) < 4.78 is 5.21. The van der Waals surface area contributed by atoms with Crippen LogP contribution in [0.2, 0.25) is 0 Å². The van der Waals surface area contributed by atoms with E-state index < -0.39 is 11.7 Å². The quantitative estimate of drug-likeness (QED) is 0.845. The van der Waals surface area contributed by atoms with E-state index in [1.54, 1.807) is 32.2 Å². The molecule has 2 N–H and O–H groups in total. The fourth-order valence-electron chi connectivity index (χ4n) is 1.54. The number of ether oxygens (including phenoxy) is 1. The highest BCUT2D eigenvalue weighted by molar-refractivity contribution is 5.91. The number of carbonyl (C=O) groups excluding carboxylic acids is 1. The summed E-state index contributed by atoms with van der Waals surface area (Å²) in [5.41, 5.74) is 0.982. The first-order valence-electron chi connectivity index (χ1n) is 5.97. The number of hydrogen-bond acceptors (Lipinski definition) is 3. The minimum Gasteiger partial charge on any atom is -0.389 e. The van der Waals surface area contributed by atoms with Crippen LogP contribution in [0.15, 0.2) is 24.3 Å². The summed E-state index contributed by atoms with van der Waals surface area (Å²) >= 11 is 0. The average molecular weight is 251 g/mol. The third-order valence-electron chi connectivity index (χ3n) is 2.79. The van der Waals surface area contributed by atoms with Gasteiger partial charge in [-0.25, -0.2) is 0 Å². The lowest BCUT2D eigenvalue weighted by atomic mass is 10.0. The number of methoxy groups -OCH3 is 1. The van der Waals surface area contributed by atoms with Crippen molar-refractivity contribution in [1.82, 2.24) is 0 Å². The second-order valence-corrected chi connectivity index (χ2v) is 4.99. The molecule has 0 aliphatic carbocycles. The molecule has 1 atom stereocenters. The van der Waals surface area contributed by atoms with E-state index in [4.69, 9.17) is 4.74 Å².